The molecule has 0 fully saturated rings. The summed E-state index contributed by atoms with van der Waals surface area (Å²) in [5.74, 6) is -3.02. The number of carbonyl (C=O) groups is 2. The lowest BCUT2D eigenvalue weighted by Crippen LogP contribution is -2.05. The Morgan fingerprint density at radius 3 is 2.57 bits per heavy atom. The first kappa shape index (κ1) is 9.90. The number of carboxylic acids is 1. The first-order valence-corrected chi connectivity index (χ1v) is 3.50. The molecule has 0 aromatic carbocycles. The highest BCUT2D eigenvalue weighted by Crippen LogP contribution is 2.16. The number of rotatable bonds is 4. The molecular formula is C7H5NO6. The summed E-state index contributed by atoms with van der Waals surface area (Å²) in [6.45, 7) is 0. The van der Waals surface area contributed by atoms with E-state index in [1.165, 1.54) is 0 Å². The topological polar surface area (TPSA) is 111 Å². The molecule has 0 bridgehead atoms. The average Bonchev–Trinajstić information content (AvgIpc) is 2.50. The smallest absolute Gasteiger partial charge is 0.433 e. The van der Waals surface area contributed by atoms with Crippen LogP contribution >= 0.6 is 0 Å². The van der Waals surface area contributed by atoms with Gasteiger partial charge in [0.1, 0.15) is 11.3 Å². The van der Waals surface area contributed by atoms with E-state index >= 15 is 0 Å². The molecule has 0 radical (unpaired) electrons. The van der Waals surface area contributed by atoms with Crippen molar-refractivity contribution in [3.05, 3.63) is 28.0 Å². The highest BCUT2D eigenvalue weighted by Gasteiger charge is 2.18. The lowest BCUT2D eigenvalue weighted by molar-refractivity contribution is -0.402. The summed E-state index contributed by atoms with van der Waals surface area (Å²) in [6.07, 6.45) is -0.745. The maximum absolute atomic E-state index is 11.0. The maximum atomic E-state index is 11.0. The van der Waals surface area contributed by atoms with Crippen molar-refractivity contribution in [2.24, 2.45) is 0 Å². The number of Topliss-reactive ketones (excluding diaryl/α,β-unsaturated/α-hetero) is 1. The normalized spacial score (nSPS) is 9.71. The molecule has 0 aliphatic heterocycles. The third-order valence-electron chi connectivity index (χ3n) is 1.36. The molecule has 0 aliphatic rings. The van der Waals surface area contributed by atoms with Crippen molar-refractivity contribution in [1.29, 1.82) is 0 Å². The molecule has 0 amide bonds. The van der Waals surface area contributed by atoms with E-state index in [9.17, 15) is 19.7 Å². The molecule has 1 heterocycles. The monoisotopic (exact) mass is 199 g/mol. The second kappa shape index (κ2) is 3.69. The zero-order chi connectivity index (χ0) is 10.7. The zero-order valence-corrected chi connectivity index (χ0v) is 6.80. The van der Waals surface area contributed by atoms with Gasteiger partial charge in [0.2, 0.25) is 5.78 Å². The Bertz CT molecular complexity index is 393. The molecule has 1 rings (SSSR count). The van der Waals surface area contributed by atoms with E-state index in [0.29, 0.717) is 0 Å². The van der Waals surface area contributed by atoms with Crippen molar-refractivity contribution >= 4 is 17.6 Å². The molecule has 0 atom stereocenters. The van der Waals surface area contributed by atoms with E-state index in [2.05, 4.69) is 4.42 Å². The van der Waals surface area contributed by atoms with Gasteiger partial charge >= 0.3 is 11.9 Å². The van der Waals surface area contributed by atoms with Crippen LogP contribution in [0.25, 0.3) is 0 Å². The van der Waals surface area contributed by atoms with Gasteiger partial charge in [-0.2, -0.15) is 0 Å². The summed E-state index contributed by atoms with van der Waals surface area (Å²) < 4.78 is 4.50. The van der Waals surface area contributed by atoms with Crippen LogP contribution in [0, 0.1) is 10.1 Å². The predicted molar refractivity (Wildman–Crippen MR) is 41.9 cm³/mol. The molecule has 0 unspecified atom stereocenters. The highest BCUT2D eigenvalue weighted by atomic mass is 16.6. The first-order chi connectivity index (χ1) is 6.50. The third kappa shape index (κ3) is 2.16. The molecule has 0 aliphatic carbocycles. The Morgan fingerprint density at radius 1 is 1.50 bits per heavy atom. The van der Waals surface area contributed by atoms with Gasteiger partial charge in [-0.05, 0) is 6.07 Å². The van der Waals surface area contributed by atoms with E-state index in [1.807, 2.05) is 0 Å². The Labute approximate surface area is 77.1 Å². The van der Waals surface area contributed by atoms with Crippen LogP contribution in [0.5, 0.6) is 0 Å². The fourth-order valence-electron chi connectivity index (χ4n) is 0.800. The lowest BCUT2D eigenvalue weighted by Gasteiger charge is -1.89. The van der Waals surface area contributed by atoms with Crippen LogP contribution in [0.4, 0.5) is 5.88 Å². The van der Waals surface area contributed by atoms with E-state index in [4.69, 9.17) is 5.11 Å². The van der Waals surface area contributed by atoms with Gasteiger partial charge in [0, 0.05) is 0 Å². The highest BCUT2D eigenvalue weighted by molar-refractivity contribution is 6.03. The number of hydrogen-bond donors (Lipinski definition) is 1. The molecule has 14 heavy (non-hydrogen) atoms. The minimum atomic E-state index is -1.31. The third-order valence-corrected chi connectivity index (χ3v) is 1.36. The van der Waals surface area contributed by atoms with Crippen LogP contribution in [-0.2, 0) is 4.79 Å². The van der Waals surface area contributed by atoms with Crippen molar-refractivity contribution in [3.8, 4) is 0 Å². The second-order valence-electron chi connectivity index (χ2n) is 2.39. The standard InChI is InChI=1S/C7H5NO6/c9-4(3-7(10)11)5-1-2-6(14-5)8(12)13/h1-2H,3H2,(H,10,11). The number of nitrogens with zero attached hydrogens (tertiary/aromatic N) is 1. The summed E-state index contributed by atoms with van der Waals surface area (Å²) in [6, 6.07) is 2.07. The molecule has 0 saturated carbocycles. The van der Waals surface area contributed by atoms with Crippen LogP contribution in [0.15, 0.2) is 16.5 Å². The fourth-order valence-corrected chi connectivity index (χ4v) is 0.800. The van der Waals surface area contributed by atoms with E-state index < -0.39 is 29.0 Å². The zero-order valence-electron chi connectivity index (χ0n) is 6.80. The molecule has 1 aromatic rings. The number of furan rings is 1. The van der Waals surface area contributed by atoms with Gasteiger partial charge in [-0.1, -0.05) is 0 Å². The lowest BCUT2D eigenvalue weighted by atomic mass is 10.2. The summed E-state index contributed by atoms with van der Waals surface area (Å²) in [5.41, 5.74) is 0. The van der Waals surface area contributed by atoms with Crippen molar-refractivity contribution in [2.75, 3.05) is 0 Å². The van der Waals surface area contributed by atoms with Crippen LogP contribution in [0.2, 0.25) is 0 Å². The van der Waals surface area contributed by atoms with Crippen LogP contribution in [-0.4, -0.2) is 21.8 Å². The molecule has 1 N–H and O–H groups in total. The molecular weight excluding hydrogens is 194 g/mol. The second-order valence-corrected chi connectivity index (χ2v) is 2.39. The average molecular weight is 199 g/mol. The summed E-state index contributed by atoms with van der Waals surface area (Å²) in [5, 5.41) is 18.4. The summed E-state index contributed by atoms with van der Waals surface area (Å²) in [7, 11) is 0. The maximum Gasteiger partial charge on any atom is 0.433 e. The van der Waals surface area contributed by atoms with Gasteiger partial charge in [0.15, 0.2) is 5.76 Å². The van der Waals surface area contributed by atoms with Crippen molar-refractivity contribution in [3.63, 3.8) is 0 Å². The van der Waals surface area contributed by atoms with Gasteiger partial charge in [-0.3, -0.25) is 19.7 Å². The van der Waals surface area contributed by atoms with Gasteiger partial charge in [-0.25, -0.2) is 0 Å². The molecule has 1 aromatic heterocycles. The van der Waals surface area contributed by atoms with Crippen LogP contribution < -0.4 is 0 Å². The van der Waals surface area contributed by atoms with Gasteiger partial charge in [0.25, 0.3) is 0 Å². The van der Waals surface area contributed by atoms with E-state index in [1.54, 1.807) is 0 Å². The first-order valence-electron chi connectivity index (χ1n) is 3.50. The minimum Gasteiger partial charge on any atom is -0.481 e. The Kier molecular flexibility index (Phi) is 2.61. The predicted octanol–water partition coefficient (Wildman–Crippen LogP) is 0.845. The summed E-state index contributed by atoms with van der Waals surface area (Å²) >= 11 is 0. The molecule has 0 spiro atoms. The Hall–Kier alpha value is -2.18. The number of aliphatic carboxylic acids is 1. The molecule has 0 saturated heterocycles. The number of carbonyl (C=O) groups excluding carboxylic acids is 1. The largest absolute Gasteiger partial charge is 0.481 e. The minimum absolute atomic E-state index is 0.320. The summed E-state index contributed by atoms with van der Waals surface area (Å²) in [4.78, 5) is 30.5. The number of ketones is 1. The molecule has 7 nitrogen and oxygen atoms in total. The van der Waals surface area contributed by atoms with Crippen LogP contribution in [0.3, 0.4) is 0 Å². The quantitative estimate of drug-likeness (QED) is 0.333. The van der Waals surface area contributed by atoms with Gasteiger partial charge in [-0.15, -0.1) is 0 Å². The van der Waals surface area contributed by atoms with Crippen molar-refractivity contribution < 1.29 is 24.0 Å². The SMILES string of the molecule is O=C(O)CC(=O)c1ccc([N+](=O)[O-])o1. The van der Waals surface area contributed by atoms with E-state index in [-0.39, 0.29) is 5.76 Å². The Morgan fingerprint density at radius 2 is 2.14 bits per heavy atom. The van der Waals surface area contributed by atoms with Gasteiger partial charge in [0.05, 0.1) is 6.07 Å². The van der Waals surface area contributed by atoms with Crippen molar-refractivity contribution in [2.45, 2.75) is 6.42 Å². The van der Waals surface area contributed by atoms with Gasteiger partial charge < -0.3 is 9.52 Å². The molecule has 74 valence electrons. The van der Waals surface area contributed by atoms with Crippen LogP contribution in [0.1, 0.15) is 17.0 Å². The number of carboxylic acid groups (broad SMARTS) is 1. The Balaban J connectivity index is 2.81. The number of hydrogen-bond acceptors (Lipinski definition) is 5. The van der Waals surface area contributed by atoms with E-state index in [0.717, 1.165) is 12.1 Å². The fraction of sp³-hybridized carbons (Fsp3) is 0.143. The number of nitro groups is 1. The molecule has 7 heteroatoms. The van der Waals surface area contributed by atoms with Crippen molar-refractivity contribution in [1.82, 2.24) is 0 Å².